The van der Waals surface area contributed by atoms with Crippen LogP contribution in [0.15, 0.2) is 36.5 Å². The number of aryl methyl sites for hydroxylation is 2. The molecule has 0 aliphatic rings. The molecule has 0 aliphatic heterocycles. The molecule has 2 rings (SSSR count). The Labute approximate surface area is 302 Å². The molecular formula is C34H41F15N2O3. The van der Waals surface area contributed by atoms with Crippen LogP contribution in [0.2, 0.25) is 0 Å². The van der Waals surface area contributed by atoms with Gasteiger partial charge in [0.15, 0.2) is 5.82 Å². The first-order chi connectivity index (χ1) is 24.9. The molecule has 0 radical (unpaired) electrons. The Bertz CT molecular complexity index is 1390. The third-order valence-corrected chi connectivity index (χ3v) is 8.00. The molecule has 0 bridgehead atoms. The molecule has 54 heavy (non-hydrogen) atoms. The molecule has 5 nitrogen and oxygen atoms in total. The molecule has 310 valence electrons. The fourth-order valence-corrected chi connectivity index (χ4v) is 5.01. The zero-order valence-electron chi connectivity index (χ0n) is 29.1. The first-order valence-electron chi connectivity index (χ1n) is 17.1. The van der Waals surface area contributed by atoms with Crippen molar-refractivity contribution in [2.45, 2.75) is 139 Å². The van der Waals surface area contributed by atoms with Crippen LogP contribution in [0.5, 0.6) is 0 Å². The normalized spacial score (nSPS) is 13.9. The van der Waals surface area contributed by atoms with Crippen LogP contribution in [-0.4, -0.2) is 65.6 Å². The lowest BCUT2D eigenvalue weighted by atomic mass is 10.0. The molecule has 0 saturated heterocycles. The zero-order chi connectivity index (χ0) is 40.9. The number of halogens is 15. The van der Waals surface area contributed by atoms with E-state index in [1.807, 2.05) is 30.3 Å². The summed E-state index contributed by atoms with van der Waals surface area (Å²) in [4.78, 5) is 9.26. The molecule has 2 aromatic rings. The van der Waals surface area contributed by atoms with E-state index in [9.17, 15) is 65.9 Å². The molecule has 0 atom stereocenters. The molecular weight excluding hydrogens is 769 g/mol. The molecule has 0 fully saturated rings. The summed E-state index contributed by atoms with van der Waals surface area (Å²) in [5, 5.41) is 0. The highest BCUT2D eigenvalue weighted by atomic mass is 19.4. The second-order valence-corrected chi connectivity index (χ2v) is 12.5. The highest BCUT2D eigenvalue weighted by molar-refractivity contribution is 5.54. The zero-order valence-corrected chi connectivity index (χ0v) is 29.1. The molecule has 20 heteroatoms. The highest BCUT2D eigenvalue weighted by Gasteiger charge is 2.85. The SMILES string of the molecule is CCCCCCCCCCc1cnc(-c2ccccc2)nc1CCCCCCOCC(F)(F)OC(F)(F)C(F)(F)OC(F)(F)C(F)(F)C(F)(F)C(F)(F)F. The van der Waals surface area contributed by atoms with Gasteiger partial charge in [0.05, 0.1) is 0 Å². The number of nitrogens with zero attached hydrogens (tertiary/aromatic N) is 2. The maximum Gasteiger partial charge on any atom is 0.460 e. The van der Waals surface area contributed by atoms with E-state index in [1.54, 1.807) is 10.9 Å². The number of hydrogen-bond acceptors (Lipinski definition) is 5. The van der Waals surface area contributed by atoms with Gasteiger partial charge in [-0.3, -0.25) is 0 Å². The third-order valence-electron chi connectivity index (χ3n) is 8.00. The average Bonchev–Trinajstić information content (AvgIpc) is 3.06. The Balaban J connectivity index is 1.87. The topological polar surface area (TPSA) is 53.5 Å². The Kier molecular flexibility index (Phi) is 17.4. The van der Waals surface area contributed by atoms with Crippen LogP contribution in [0.4, 0.5) is 65.9 Å². The third kappa shape index (κ3) is 13.4. The van der Waals surface area contributed by atoms with Crippen LogP contribution < -0.4 is 0 Å². The van der Waals surface area contributed by atoms with Crippen molar-refractivity contribution in [3.05, 3.63) is 47.8 Å². The molecule has 0 aliphatic carbocycles. The van der Waals surface area contributed by atoms with E-state index in [0.29, 0.717) is 31.5 Å². The molecule has 1 aromatic heterocycles. The molecule has 1 aromatic carbocycles. The van der Waals surface area contributed by atoms with Crippen molar-refractivity contribution in [1.82, 2.24) is 9.97 Å². The fraction of sp³-hybridized carbons (Fsp3) is 0.706. The van der Waals surface area contributed by atoms with Gasteiger partial charge >= 0.3 is 42.5 Å². The summed E-state index contributed by atoms with van der Waals surface area (Å²) in [6, 6.07) is 9.25. The van der Waals surface area contributed by atoms with E-state index in [-0.39, 0.29) is 6.42 Å². The molecule has 0 N–H and O–H groups in total. The van der Waals surface area contributed by atoms with Crippen molar-refractivity contribution in [2.75, 3.05) is 13.2 Å². The van der Waals surface area contributed by atoms with Gasteiger partial charge in [0.1, 0.15) is 6.61 Å². The largest absolute Gasteiger partial charge is 0.460 e. The first-order valence-corrected chi connectivity index (χ1v) is 17.1. The van der Waals surface area contributed by atoms with Gasteiger partial charge in [0.2, 0.25) is 0 Å². The summed E-state index contributed by atoms with van der Waals surface area (Å²) in [6.07, 6.45) is -21.3. The lowest BCUT2D eigenvalue weighted by Crippen LogP contribution is -2.64. The van der Waals surface area contributed by atoms with Gasteiger partial charge in [-0.15, -0.1) is 0 Å². The van der Waals surface area contributed by atoms with Gasteiger partial charge in [-0.05, 0) is 37.7 Å². The smallest absolute Gasteiger partial charge is 0.372 e. The monoisotopic (exact) mass is 810 g/mol. The predicted octanol–water partition coefficient (Wildman–Crippen LogP) is 12.2. The van der Waals surface area contributed by atoms with Crippen molar-refractivity contribution in [3.8, 4) is 11.4 Å². The van der Waals surface area contributed by atoms with Crippen LogP contribution in [0.1, 0.15) is 95.2 Å². The van der Waals surface area contributed by atoms with Crippen molar-refractivity contribution >= 4 is 0 Å². The van der Waals surface area contributed by atoms with E-state index >= 15 is 0 Å². The van der Waals surface area contributed by atoms with Gasteiger partial charge in [-0.2, -0.15) is 65.9 Å². The Morgan fingerprint density at radius 2 is 1.07 bits per heavy atom. The van der Waals surface area contributed by atoms with Crippen molar-refractivity contribution in [1.29, 1.82) is 0 Å². The van der Waals surface area contributed by atoms with Crippen LogP contribution in [0, 0.1) is 0 Å². The van der Waals surface area contributed by atoms with Crippen molar-refractivity contribution in [3.63, 3.8) is 0 Å². The molecule has 1 heterocycles. The first kappa shape index (κ1) is 47.3. The predicted molar refractivity (Wildman–Crippen MR) is 165 cm³/mol. The molecule has 0 spiro atoms. The quantitative estimate of drug-likeness (QED) is 0.0700. The summed E-state index contributed by atoms with van der Waals surface area (Å²) in [5.41, 5.74) is 2.63. The minimum absolute atomic E-state index is 0.0324. The lowest BCUT2D eigenvalue weighted by Gasteiger charge is -2.36. The molecule has 0 amide bonds. The Morgan fingerprint density at radius 1 is 0.556 bits per heavy atom. The van der Waals surface area contributed by atoms with E-state index < -0.39 is 55.7 Å². The number of benzene rings is 1. The van der Waals surface area contributed by atoms with Gasteiger partial charge in [-0.25, -0.2) is 19.4 Å². The summed E-state index contributed by atoms with van der Waals surface area (Å²) < 4.78 is 206. The molecule has 0 unspecified atom stereocenters. The van der Waals surface area contributed by atoms with E-state index in [2.05, 4.69) is 21.4 Å². The second kappa shape index (κ2) is 19.8. The number of ether oxygens (including phenoxy) is 3. The lowest BCUT2D eigenvalue weighted by molar-refractivity contribution is -0.543. The number of hydrogen-bond donors (Lipinski definition) is 0. The summed E-state index contributed by atoms with van der Waals surface area (Å²) >= 11 is 0. The number of alkyl halides is 15. The van der Waals surface area contributed by atoms with Gasteiger partial charge in [0, 0.05) is 24.1 Å². The number of rotatable bonds is 26. The van der Waals surface area contributed by atoms with Gasteiger partial charge in [-0.1, -0.05) is 95.0 Å². The van der Waals surface area contributed by atoms with Gasteiger partial charge in [0.25, 0.3) is 0 Å². The van der Waals surface area contributed by atoms with Crippen molar-refractivity contribution in [2.24, 2.45) is 0 Å². The summed E-state index contributed by atoms with van der Waals surface area (Å²) in [6.45, 7) is -0.632. The van der Waals surface area contributed by atoms with Crippen LogP contribution in [0.3, 0.4) is 0 Å². The fourth-order valence-electron chi connectivity index (χ4n) is 5.01. The van der Waals surface area contributed by atoms with Crippen LogP contribution >= 0.6 is 0 Å². The number of aromatic nitrogens is 2. The van der Waals surface area contributed by atoms with Crippen molar-refractivity contribution < 1.29 is 80.1 Å². The summed E-state index contributed by atoms with van der Waals surface area (Å²) in [5.74, 6) is -15.2. The standard InChI is InChI=1S/C34H41F15N2O3/c1-2-3-4-5-6-7-8-12-19-25-22-50-27(24-17-13-11-14-18-24)51-26(25)20-15-9-10-16-21-52-23-28(35,36)53-33(46,47)34(48,49)54-32(44,45)30(39,40)29(37,38)31(41,42)43/h11,13-14,17-18,22H,2-10,12,15-16,19-21,23H2,1H3. The maximum atomic E-state index is 13.8. The van der Waals surface area contributed by atoms with E-state index in [1.165, 1.54) is 25.7 Å². The van der Waals surface area contributed by atoms with Crippen LogP contribution in [0.25, 0.3) is 11.4 Å². The minimum Gasteiger partial charge on any atom is -0.372 e. The molecule has 0 saturated carbocycles. The van der Waals surface area contributed by atoms with Crippen LogP contribution in [-0.2, 0) is 27.1 Å². The Hall–Kier alpha value is -2.87. The minimum atomic E-state index is -7.90. The maximum absolute atomic E-state index is 13.8. The average molecular weight is 811 g/mol. The van der Waals surface area contributed by atoms with Gasteiger partial charge < -0.3 is 4.74 Å². The number of unbranched alkanes of at least 4 members (excludes halogenated alkanes) is 10. The highest BCUT2D eigenvalue weighted by Crippen LogP contribution is 2.56. The van der Waals surface area contributed by atoms with E-state index in [4.69, 9.17) is 4.98 Å². The Morgan fingerprint density at radius 3 is 1.65 bits per heavy atom. The second-order valence-electron chi connectivity index (χ2n) is 12.5. The van der Waals surface area contributed by atoms with E-state index in [0.717, 1.165) is 48.9 Å². The summed E-state index contributed by atoms with van der Waals surface area (Å²) in [7, 11) is 0.